The number of fused-ring (bicyclic) bond motifs is 3. The number of methoxy groups -OCH3 is 4. The van der Waals surface area contributed by atoms with Crippen LogP contribution in [0.4, 0.5) is 0 Å². The smallest absolute Gasteiger partial charge is 0.318 e. The van der Waals surface area contributed by atoms with Crippen molar-refractivity contribution in [3.05, 3.63) is 131 Å². The van der Waals surface area contributed by atoms with Crippen molar-refractivity contribution >= 4 is 41.4 Å². The second-order valence-corrected chi connectivity index (χ2v) is 29.6. The lowest BCUT2D eigenvalue weighted by molar-refractivity contribution is -0.161. The Balaban J connectivity index is 0.000000381. The molecule has 6 N–H and O–H groups in total. The molecule has 22 heteroatoms. The molecule has 6 amide bonds. The van der Waals surface area contributed by atoms with Gasteiger partial charge < -0.3 is 69.9 Å². The molecule has 0 radical (unpaired) electrons. The minimum atomic E-state index is -1.05. The molecule has 2 heterocycles. The molecule has 2 aliphatic heterocycles. The molecule has 7 rings (SSSR count). The summed E-state index contributed by atoms with van der Waals surface area (Å²) in [7, 11) is 9.67. The molecular weight excluding hydrogens is 1330 g/mol. The maximum absolute atomic E-state index is 14.5. The average Bonchev–Trinajstić information content (AvgIpc) is 1.62. The van der Waals surface area contributed by atoms with E-state index >= 15 is 0 Å². The second kappa shape index (κ2) is 42.7. The summed E-state index contributed by atoms with van der Waals surface area (Å²) in [4.78, 5) is 103. The fourth-order valence-electron chi connectivity index (χ4n) is 15.5. The number of ether oxygens (including phenoxy) is 5. The third kappa shape index (κ3) is 22.5. The number of carbonyl (C=O) groups excluding carboxylic acids is 7. The van der Waals surface area contributed by atoms with Gasteiger partial charge in [-0.05, 0) is 96.6 Å². The molecule has 0 spiro atoms. The number of carbonyl (C=O) groups is 7. The fourth-order valence-corrected chi connectivity index (χ4v) is 15.5. The number of amides is 6. The maximum atomic E-state index is 14.5. The van der Waals surface area contributed by atoms with Crippen molar-refractivity contribution in [3.63, 3.8) is 0 Å². The average molecular weight is 1460 g/mol. The van der Waals surface area contributed by atoms with Crippen LogP contribution in [0.25, 0.3) is 11.1 Å². The van der Waals surface area contributed by atoms with Gasteiger partial charge in [-0.25, -0.2) is 0 Å². The Kier molecular flexibility index (Phi) is 35.7. The van der Waals surface area contributed by atoms with Crippen molar-refractivity contribution in [1.82, 2.24) is 30.2 Å². The Morgan fingerprint density at radius 2 is 0.924 bits per heavy atom. The summed E-state index contributed by atoms with van der Waals surface area (Å²) < 4.78 is 29.8. The Bertz CT molecular complexity index is 3380. The monoisotopic (exact) mass is 1460 g/mol. The number of benzene rings is 4. The summed E-state index contributed by atoms with van der Waals surface area (Å²) in [6.07, 6.45) is 0.417. The molecule has 18 atom stereocenters. The van der Waals surface area contributed by atoms with Gasteiger partial charge in [-0.2, -0.15) is 5.26 Å². The van der Waals surface area contributed by atoms with E-state index in [9.17, 15) is 43.8 Å². The highest BCUT2D eigenvalue weighted by molar-refractivity contribution is 5.98. The van der Waals surface area contributed by atoms with Crippen molar-refractivity contribution in [2.45, 2.75) is 226 Å². The van der Waals surface area contributed by atoms with Gasteiger partial charge in [0, 0.05) is 68.5 Å². The molecule has 1 aliphatic carbocycles. The van der Waals surface area contributed by atoms with Crippen LogP contribution in [0.5, 0.6) is 0 Å². The zero-order valence-corrected chi connectivity index (χ0v) is 65.9. The number of hydrogen-bond donors (Lipinski definition) is 5. The van der Waals surface area contributed by atoms with E-state index < -0.39 is 84.5 Å². The number of hydrogen-bond acceptors (Lipinski definition) is 16. The van der Waals surface area contributed by atoms with E-state index in [1.54, 1.807) is 91.0 Å². The van der Waals surface area contributed by atoms with Gasteiger partial charge >= 0.3 is 5.97 Å². The highest BCUT2D eigenvalue weighted by Crippen LogP contribution is 2.45. The van der Waals surface area contributed by atoms with E-state index in [-0.39, 0.29) is 103 Å². The van der Waals surface area contributed by atoms with Crippen molar-refractivity contribution in [2.75, 3.05) is 62.2 Å². The van der Waals surface area contributed by atoms with Gasteiger partial charge in [-0.15, -0.1) is 0 Å². The molecular formula is C83H124N8O14. The van der Waals surface area contributed by atoms with Crippen LogP contribution >= 0.6 is 0 Å². The first kappa shape index (κ1) is 88.0. The van der Waals surface area contributed by atoms with Gasteiger partial charge in [0.1, 0.15) is 12.5 Å². The van der Waals surface area contributed by atoms with Gasteiger partial charge in [-0.1, -0.05) is 191 Å². The summed E-state index contributed by atoms with van der Waals surface area (Å²) in [6.45, 7) is 25.4. The minimum Gasteiger partial charge on any atom is -0.464 e. The van der Waals surface area contributed by atoms with E-state index in [1.165, 1.54) is 6.92 Å². The standard InChI is InChI=1S/C48H65N3O8.C33H56N4O6.C2H3N/c1-10-30(4)43(50(7)47(55)42(29(2)3)48(56)59-28-38-36-23-16-14-21-34(36)35-22-15-17-24-37(35)38)40(57-8)27-41(52)51-26-18-25-39(51)45(58-9)31(5)46(54)49-32(6)44(53)33-19-12-11-13-20-33;1-10-21(4)29(36(7)33(41)28(34)20(2)3)26(42-8)19-27(38)37-18-14-17-25(37)31(43-9)22(5)32(40)35-23(6)30(39)24-15-12-11-13-16-24;1-2-3/h11-17,19-24,29-32,38-40,42-45,53H,10,18,25-28H2,1-9H3,(H,49,54);11-13,15-16,20-23,25-26,28-31,39H,10,14,17-19,34H2,1-9H3,(H,35,40);1H3/t30-,31+,32+,39-,40+,42-,43-,44+,45+;21-,22+,23+,25-,26+,28-,29-,30+,31+;/m00./s1. The number of esters is 1. The van der Waals surface area contributed by atoms with E-state index in [0.717, 1.165) is 47.1 Å². The summed E-state index contributed by atoms with van der Waals surface area (Å²) in [5.74, 6) is -4.64. The number of nitriles is 1. The summed E-state index contributed by atoms with van der Waals surface area (Å²) in [5.41, 5.74) is 12.1. The minimum absolute atomic E-state index is 0.00572. The zero-order chi connectivity index (χ0) is 78.1. The van der Waals surface area contributed by atoms with Gasteiger partial charge in [0.15, 0.2) is 0 Å². The number of aliphatic hydroxyl groups is 2. The molecule has 0 saturated carbocycles. The third-order valence-corrected chi connectivity index (χ3v) is 22.0. The fraction of sp³-hybridized carbons (Fsp3) is 0.614. The molecule has 580 valence electrons. The second-order valence-electron chi connectivity index (χ2n) is 29.6. The first-order chi connectivity index (χ1) is 50.0. The highest BCUT2D eigenvalue weighted by Gasteiger charge is 2.46. The van der Waals surface area contributed by atoms with Gasteiger partial charge in [0.25, 0.3) is 0 Å². The number of aliphatic hydroxyl groups excluding tert-OH is 2. The number of rotatable bonds is 35. The molecule has 0 bridgehead atoms. The van der Waals surface area contributed by atoms with Crippen LogP contribution in [0.15, 0.2) is 109 Å². The molecule has 0 unspecified atom stereocenters. The molecule has 4 aromatic rings. The SMILES string of the molecule is CC#N.CC[C@H](C)[C@@H]([C@@H](CC(=O)N1CCC[C@H]1[C@H](OC)[C@@H](C)C(=O)N[C@H](C)[C@@H](O)c1ccccc1)OC)N(C)C(=O)[C@@H](C(=O)OCC1c2ccccc2-c2ccccc21)C(C)C.CC[C@H](C)[C@@H]([C@@H](CC(=O)N1CCC[C@H]1[C@H](OC)[C@@H](C)C(=O)N[C@H](C)[C@@H](O)c1ccccc1)OC)N(C)C(=O)[C@@H](N)C(C)C. The first-order valence-electron chi connectivity index (χ1n) is 37.7. The van der Waals surface area contributed by atoms with E-state index in [4.69, 9.17) is 34.7 Å². The number of likely N-dealkylation sites (N-methyl/N-ethyl adjacent to an activating group) is 2. The predicted octanol–water partition coefficient (Wildman–Crippen LogP) is 10.4. The molecule has 105 heavy (non-hydrogen) atoms. The highest BCUT2D eigenvalue weighted by atomic mass is 16.5. The van der Waals surface area contributed by atoms with E-state index in [2.05, 4.69) is 48.7 Å². The predicted molar refractivity (Wildman–Crippen MR) is 407 cm³/mol. The lowest BCUT2D eigenvalue weighted by Gasteiger charge is -2.40. The van der Waals surface area contributed by atoms with Crippen LogP contribution in [0, 0.1) is 52.8 Å². The first-order valence-corrected chi connectivity index (χ1v) is 37.7. The van der Waals surface area contributed by atoms with Crippen molar-refractivity contribution in [2.24, 2.45) is 47.2 Å². The van der Waals surface area contributed by atoms with Gasteiger partial charge in [0.05, 0.1) is 110 Å². The largest absolute Gasteiger partial charge is 0.464 e. The molecule has 22 nitrogen and oxygen atoms in total. The summed E-state index contributed by atoms with van der Waals surface area (Å²) in [5, 5.41) is 34.8. The van der Waals surface area contributed by atoms with Crippen LogP contribution in [0.2, 0.25) is 0 Å². The van der Waals surface area contributed by atoms with Crippen LogP contribution < -0.4 is 16.4 Å². The topological polar surface area (TPSA) is 293 Å². The van der Waals surface area contributed by atoms with Crippen LogP contribution in [0.1, 0.15) is 182 Å². The Morgan fingerprint density at radius 1 is 0.562 bits per heavy atom. The van der Waals surface area contributed by atoms with Crippen LogP contribution in [0.3, 0.4) is 0 Å². The summed E-state index contributed by atoms with van der Waals surface area (Å²) in [6, 6.07) is 33.2. The molecule has 0 aromatic heterocycles. The van der Waals surface area contributed by atoms with Crippen molar-refractivity contribution < 1.29 is 67.5 Å². The third-order valence-electron chi connectivity index (χ3n) is 22.0. The Morgan fingerprint density at radius 3 is 1.27 bits per heavy atom. The molecule has 2 saturated heterocycles. The van der Waals surface area contributed by atoms with Crippen LogP contribution in [-0.2, 0) is 57.2 Å². The quantitative estimate of drug-likeness (QED) is 0.0211. The lowest BCUT2D eigenvalue weighted by atomic mass is 9.88. The molecule has 2 fully saturated rings. The summed E-state index contributed by atoms with van der Waals surface area (Å²) >= 11 is 0. The lowest BCUT2D eigenvalue weighted by Crippen LogP contribution is -2.56. The van der Waals surface area contributed by atoms with Crippen molar-refractivity contribution in [1.29, 1.82) is 5.26 Å². The van der Waals surface area contributed by atoms with E-state index in [0.29, 0.717) is 37.9 Å². The number of nitrogens with two attached hydrogens (primary N) is 1. The number of nitrogens with zero attached hydrogens (tertiary/aromatic N) is 5. The Labute approximate surface area is 625 Å². The van der Waals surface area contributed by atoms with Gasteiger partial charge in [-0.3, -0.25) is 33.6 Å². The normalized spacial score (nSPS) is 19.4. The molecule has 4 aromatic carbocycles. The Hall–Kier alpha value is -7.62. The van der Waals surface area contributed by atoms with Crippen molar-refractivity contribution in [3.8, 4) is 17.2 Å². The maximum Gasteiger partial charge on any atom is 0.318 e. The van der Waals surface area contributed by atoms with Gasteiger partial charge in [0.2, 0.25) is 35.4 Å². The van der Waals surface area contributed by atoms with Crippen LogP contribution in [-0.4, -0.2) is 200 Å². The number of likely N-dealkylation sites (tertiary alicyclic amines) is 2. The van der Waals surface area contributed by atoms with E-state index in [1.807, 2.05) is 131 Å². The zero-order valence-electron chi connectivity index (χ0n) is 65.9. The number of nitrogens with one attached hydrogen (secondary N) is 2. The molecule has 3 aliphatic rings.